The predicted octanol–water partition coefficient (Wildman–Crippen LogP) is 2.07. The highest BCUT2D eigenvalue weighted by Crippen LogP contribution is 2.11. The fraction of sp³-hybridized carbons (Fsp3) is 0.235. The van der Waals surface area contributed by atoms with Gasteiger partial charge in [0.05, 0.1) is 5.56 Å². The summed E-state index contributed by atoms with van der Waals surface area (Å²) in [6, 6.07) is 10.1. The summed E-state index contributed by atoms with van der Waals surface area (Å²) < 4.78 is 5.66. The summed E-state index contributed by atoms with van der Waals surface area (Å²) >= 11 is 0. The Labute approximate surface area is 134 Å². The maximum absolute atomic E-state index is 12.0. The summed E-state index contributed by atoms with van der Waals surface area (Å²) in [5.74, 6) is -1.08. The molecule has 23 heavy (non-hydrogen) atoms. The third kappa shape index (κ3) is 4.54. The molecule has 1 aromatic carbocycles. The first-order valence-corrected chi connectivity index (χ1v) is 7.29. The maximum Gasteiger partial charge on any atom is 0.339 e. The van der Waals surface area contributed by atoms with Gasteiger partial charge in [-0.15, -0.1) is 0 Å². The third-order valence-corrected chi connectivity index (χ3v) is 3.32. The van der Waals surface area contributed by atoms with Crippen LogP contribution in [-0.2, 0) is 16.0 Å². The molecule has 1 heterocycles. The van der Waals surface area contributed by atoms with E-state index in [0.29, 0.717) is 10.4 Å². The first kappa shape index (κ1) is 16.5. The normalized spacial score (nSPS) is 11.6. The number of hydrogen-bond donors (Lipinski definition) is 1. The van der Waals surface area contributed by atoms with Gasteiger partial charge in [-0.25, -0.2) is 4.79 Å². The largest absolute Gasteiger partial charge is 0.619 e. The van der Waals surface area contributed by atoms with Gasteiger partial charge in [-0.05, 0) is 31.0 Å². The standard InChI is InChI=1S/C17H18N2O4/c1-3-13-4-6-15(7-5-13)18-16(20)12(2)23-17(21)14-8-10-19(22)11-9-14/h4-12H,3H2,1-2H3,(H,18,20)/t12-/m0/s1. The minimum absolute atomic E-state index is 0.212. The van der Waals surface area contributed by atoms with Crippen LogP contribution in [0, 0.1) is 5.21 Å². The van der Waals surface area contributed by atoms with Crippen LogP contribution in [-0.4, -0.2) is 18.0 Å². The van der Waals surface area contributed by atoms with E-state index in [9.17, 15) is 14.8 Å². The topological polar surface area (TPSA) is 82.3 Å². The van der Waals surface area contributed by atoms with Crippen molar-refractivity contribution in [1.82, 2.24) is 0 Å². The van der Waals surface area contributed by atoms with Crippen molar-refractivity contribution in [2.24, 2.45) is 0 Å². The summed E-state index contributed by atoms with van der Waals surface area (Å²) in [5.41, 5.74) is 2.02. The number of aryl methyl sites for hydroxylation is 1. The highest BCUT2D eigenvalue weighted by atomic mass is 16.5. The van der Waals surface area contributed by atoms with Crippen LogP contribution in [0.2, 0.25) is 0 Å². The number of ether oxygens (including phenoxy) is 1. The second-order valence-electron chi connectivity index (χ2n) is 5.03. The molecule has 0 saturated carbocycles. The molecule has 2 aromatic rings. The second kappa shape index (κ2) is 7.40. The number of rotatable bonds is 5. The number of nitrogens with zero attached hydrogens (tertiary/aromatic N) is 1. The van der Waals surface area contributed by atoms with E-state index in [-0.39, 0.29) is 5.56 Å². The quantitative estimate of drug-likeness (QED) is 0.520. The Morgan fingerprint density at radius 3 is 2.35 bits per heavy atom. The molecule has 0 unspecified atom stereocenters. The molecule has 1 amide bonds. The van der Waals surface area contributed by atoms with Gasteiger partial charge in [0.25, 0.3) is 5.91 Å². The Hall–Kier alpha value is -2.89. The summed E-state index contributed by atoms with van der Waals surface area (Å²) in [4.78, 5) is 23.9. The molecular weight excluding hydrogens is 296 g/mol. The van der Waals surface area contributed by atoms with Crippen LogP contribution in [0.25, 0.3) is 0 Å². The first-order valence-electron chi connectivity index (χ1n) is 7.29. The van der Waals surface area contributed by atoms with Crippen molar-refractivity contribution in [1.29, 1.82) is 0 Å². The SMILES string of the molecule is CCc1ccc(NC(=O)[C@H](C)OC(=O)c2cc[n+]([O-])cc2)cc1. The predicted molar refractivity (Wildman–Crippen MR) is 84.7 cm³/mol. The van der Waals surface area contributed by atoms with Crippen LogP contribution >= 0.6 is 0 Å². The van der Waals surface area contributed by atoms with E-state index in [1.807, 2.05) is 19.1 Å². The van der Waals surface area contributed by atoms with Gasteiger partial charge >= 0.3 is 5.97 Å². The van der Waals surface area contributed by atoms with Crippen molar-refractivity contribution in [2.75, 3.05) is 5.32 Å². The summed E-state index contributed by atoms with van der Waals surface area (Å²) in [7, 11) is 0. The van der Waals surface area contributed by atoms with E-state index < -0.39 is 18.0 Å². The summed E-state index contributed by atoms with van der Waals surface area (Å²) in [6.45, 7) is 3.54. The van der Waals surface area contributed by atoms with Crippen molar-refractivity contribution < 1.29 is 19.1 Å². The molecule has 2 rings (SSSR count). The Kier molecular flexibility index (Phi) is 5.30. The Bertz CT molecular complexity index is 681. The first-order chi connectivity index (χ1) is 11.0. The van der Waals surface area contributed by atoms with Crippen LogP contribution in [0.1, 0.15) is 29.8 Å². The molecule has 1 aromatic heterocycles. The summed E-state index contributed by atoms with van der Waals surface area (Å²) in [5, 5.41) is 13.6. The van der Waals surface area contributed by atoms with Crippen LogP contribution in [0.5, 0.6) is 0 Å². The van der Waals surface area contributed by atoms with Gasteiger partial charge in [0.2, 0.25) is 0 Å². The minimum atomic E-state index is -0.951. The van der Waals surface area contributed by atoms with Crippen molar-refractivity contribution in [3.63, 3.8) is 0 Å². The van der Waals surface area contributed by atoms with Crippen LogP contribution in [0.15, 0.2) is 48.8 Å². The lowest BCUT2D eigenvalue weighted by atomic mass is 10.1. The molecule has 0 bridgehead atoms. The lowest BCUT2D eigenvalue weighted by Gasteiger charge is -2.13. The van der Waals surface area contributed by atoms with Gasteiger partial charge in [0, 0.05) is 17.8 Å². The molecular formula is C17H18N2O4. The summed E-state index contributed by atoms with van der Waals surface area (Å²) in [6.07, 6.45) is 2.35. The van der Waals surface area contributed by atoms with Crippen LogP contribution in [0.4, 0.5) is 5.69 Å². The van der Waals surface area contributed by atoms with Gasteiger partial charge in [-0.3, -0.25) is 4.79 Å². The molecule has 6 heteroatoms. The number of esters is 1. The molecule has 0 fully saturated rings. The zero-order valence-electron chi connectivity index (χ0n) is 13.0. The van der Waals surface area contributed by atoms with E-state index in [1.54, 1.807) is 12.1 Å². The van der Waals surface area contributed by atoms with Gasteiger partial charge in [-0.2, -0.15) is 4.73 Å². The number of hydrogen-bond acceptors (Lipinski definition) is 4. The minimum Gasteiger partial charge on any atom is -0.619 e. The molecule has 1 N–H and O–H groups in total. The Balaban J connectivity index is 1.93. The molecule has 120 valence electrons. The average molecular weight is 314 g/mol. The van der Waals surface area contributed by atoms with Crippen molar-refractivity contribution in [3.8, 4) is 0 Å². The number of pyridine rings is 1. The number of nitrogens with one attached hydrogen (secondary N) is 1. The number of aromatic nitrogens is 1. The van der Waals surface area contributed by atoms with Crippen molar-refractivity contribution in [3.05, 3.63) is 65.1 Å². The van der Waals surface area contributed by atoms with Gasteiger partial charge in [0.1, 0.15) is 0 Å². The number of carbonyl (C=O) groups is 2. The maximum atomic E-state index is 12.0. The van der Waals surface area contributed by atoms with Crippen molar-refractivity contribution in [2.45, 2.75) is 26.4 Å². The van der Waals surface area contributed by atoms with Gasteiger partial charge in [-0.1, -0.05) is 19.1 Å². The molecule has 0 aliphatic heterocycles. The fourth-order valence-electron chi connectivity index (χ4n) is 1.90. The molecule has 6 nitrogen and oxygen atoms in total. The highest BCUT2D eigenvalue weighted by Gasteiger charge is 2.19. The number of amides is 1. The van der Waals surface area contributed by atoms with E-state index in [4.69, 9.17) is 4.74 Å². The average Bonchev–Trinajstić information content (AvgIpc) is 2.56. The third-order valence-electron chi connectivity index (χ3n) is 3.32. The van der Waals surface area contributed by atoms with E-state index in [2.05, 4.69) is 5.32 Å². The Morgan fingerprint density at radius 1 is 1.17 bits per heavy atom. The molecule has 0 aliphatic carbocycles. The monoisotopic (exact) mass is 314 g/mol. The fourth-order valence-corrected chi connectivity index (χ4v) is 1.90. The highest BCUT2D eigenvalue weighted by molar-refractivity contribution is 5.97. The van der Waals surface area contributed by atoms with Crippen LogP contribution in [0.3, 0.4) is 0 Å². The lowest BCUT2D eigenvalue weighted by molar-refractivity contribution is -0.605. The lowest BCUT2D eigenvalue weighted by Crippen LogP contribution is -2.30. The zero-order chi connectivity index (χ0) is 16.8. The molecule has 0 aliphatic rings. The molecule has 0 radical (unpaired) electrons. The molecule has 0 spiro atoms. The number of anilines is 1. The van der Waals surface area contributed by atoms with Crippen molar-refractivity contribution >= 4 is 17.6 Å². The van der Waals surface area contributed by atoms with E-state index in [0.717, 1.165) is 6.42 Å². The second-order valence-corrected chi connectivity index (χ2v) is 5.03. The Morgan fingerprint density at radius 2 is 1.78 bits per heavy atom. The smallest absolute Gasteiger partial charge is 0.339 e. The van der Waals surface area contributed by atoms with E-state index >= 15 is 0 Å². The van der Waals surface area contributed by atoms with Crippen LogP contribution < -0.4 is 10.0 Å². The van der Waals surface area contributed by atoms with Gasteiger partial charge < -0.3 is 15.3 Å². The van der Waals surface area contributed by atoms with Gasteiger partial charge in [0.15, 0.2) is 18.5 Å². The zero-order valence-corrected chi connectivity index (χ0v) is 13.0. The molecule has 0 saturated heterocycles. The molecule has 1 atom stereocenters. The van der Waals surface area contributed by atoms with E-state index in [1.165, 1.54) is 37.0 Å². The number of carbonyl (C=O) groups excluding carboxylic acids is 2. The number of benzene rings is 1.